The Hall–Kier alpha value is -2.82. The van der Waals surface area contributed by atoms with E-state index in [0.29, 0.717) is 11.3 Å². The molecule has 1 aliphatic carbocycles. The minimum absolute atomic E-state index is 0.0254. The number of hydrogen-bond acceptors (Lipinski definition) is 3. The maximum Gasteiger partial charge on any atom is 0.260 e. The minimum atomic E-state index is -0.0831. The second kappa shape index (κ2) is 9.54. The number of aryl methyl sites for hydroxylation is 1. The molecule has 164 valence electrons. The van der Waals surface area contributed by atoms with Gasteiger partial charge in [0.2, 0.25) is 0 Å². The van der Waals surface area contributed by atoms with Crippen molar-refractivity contribution in [3.05, 3.63) is 65.2 Å². The van der Waals surface area contributed by atoms with E-state index in [2.05, 4.69) is 37.4 Å². The largest absolute Gasteiger partial charge is 0.484 e. The lowest BCUT2D eigenvalue weighted by molar-refractivity contribution is -0.139. The van der Waals surface area contributed by atoms with Gasteiger partial charge in [0, 0.05) is 17.6 Å². The van der Waals surface area contributed by atoms with E-state index in [9.17, 15) is 9.59 Å². The molecule has 2 amide bonds. The predicted molar refractivity (Wildman–Crippen MR) is 121 cm³/mol. The van der Waals surface area contributed by atoms with Crippen LogP contribution < -0.4 is 10.1 Å². The summed E-state index contributed by atoms with van der Waals surface area (Å²) >= 11 is 0. The third kappa shape index (κ3) is 4.92. The number of carbonyl (C=O) groups excluding carboxylic acids is 2. The molecule has 1 saturated heterocycles. The molecule has 4 rings (SSSR count). The van der Waals surface area contributed by atoms with Crippen LogP contribution in [0.1, 0.15) is 73.5 Å². The molecule has 1 heterocycles. The number of fused-ring (bicyclic) bond motifs is 1. The lowest BCUT2D eigenvalue weighted by Crippen LogP contribution is -2.49. The van der Waals surface area contributed by atoms with E-state index in [1.54, 1.807) is 24.3 Å². The van der Waals surface area contributed by atoms with Gasteiger partial charge in [-0.25, -0.2) is 0 Å². The van der Waals surface area contributed by atoms with E-state index >= 15 is 0 Å². The molecule has 0 spiro atoms. The Kier molecular flexibility index (Phi) is 6.59. The van der Waals surface area contributed by atoms with Crippen LogP contribution in [0.15, 0.2) is 48.5 Å². The summed E-state index contributed by atoms with van der Waals surface area (Å²) in [6.07, 6.45) is 6.37. The Morgan fingerprint density at radius 3 is 2.42 bits per heavy atom. The number of likely N-dealkylation sites (tertiary alicyclic amines) is 1. The SMILES string of the molecule is C[C@H]1CCC[C@H](C)N1C(=O)COc1ccc(C(=O)N[C@@H]2CCCc3ccccc32)cc1. The standard InChI is InChI=1S/C26H32N2O3/c1-18-7-5-8-19(2)28(18)25(29)17-31-22-15-13-21(14-16-22)26(30)27-24-12-6-10-20-9-3-4-11-23(20)24/h3-4,9,11,13-16,18-19,24H,5-8,10,12,17H2,1-2H3,(H,27,30)/t18-,19-,24+/m0/s1. The molecule has 2 aliphatic rings. The maximum absolute atomic E-state index is 12.8. The summed E-state index contributed by atoms with van der Waals surface area (Å²) in [6, 6.07) is 16.0. The number of hydrogen-bond donors (Lipinski definition) is 1. The van der Waals surface area contributed by atoms with Crippen molar-refractivity contribution in [2.45, 2.75) is 70.5 Å². The van der Waals surface area contributed by atoms with Crippen LogP contribution in [0.3, 0.4) is 0 Å². The van der Waals surface area contributed by atoms with Gasteiger partial charge in [-0.3, -0.25) is 9.59 Å². The molecule has 3 atom stereocenters. The van der Waals surface area contributed by atoms with Crippen molar-refractivity contribution >= 4 is 11.8 Å². The zero-order valence-electron chi connectivity index (χ0n) is 18.5. The number of piperidine rings is 1. The van der Waals surface area contributed by atoms with E-state index in [1.165, 1.54) is 17.5 Å². The van der Waals surface area contributed by atoms with Gasteiger partial charge in [0.05, 0.1) is 6.04 Å². The van der Waals surface area contributed by atoms with Crippen molar-refractivity contribution in [2.75, 3.05) is 6.61 Å². The van der Waals surface area contributed by atoms with E-state index in [0.717, 1.165) is 32.1 Å². The Bertz CT molecular complexity index is 915. The molecule has 0 radical (unpaired) electrons. The number of benzene rings is 2. The molecular formula is C26H32N2O3. The molecule has 5 heteroatoms. The van der Waals surface area contributed by atoms with E-state index in [1.807, 2.05) is 11.0 Å². The molecule has 0 aromatic heterocycles. The first kappa shape index (κ1) is 21.4. The van der Waals surface area contributed by atoms with Gasteiger partial charge in [0.25, 0.3) is 11.8 Å². The highest BCUT2D eigenvalue weighted by Gasteiger charge is 2.29. The summed E-state index contributed by atoms with van der Waals surface area (Å²) in [5.41, 5.74) is 3.14. The van der Waals surface area contributed by atoms with Gasteiger partial charge < -0.3 is 15.0 Å². The molecule has 1 aliphatic heterocycles. The fraction of sp³-hybridized carbons (Fsp3) is 0.462. The van der Waals surface area contributed by atoms with Crippen LogP contribution >= 0.6 is 0 Å². The molecule has 2 aromatic rings. The van der Waals surface area contributed by atoms with Crippen LogP contribution in [0.4, 0.5) is 0 Å². The average Bonchev–Trinajstić information content (AvgIpc) is 2.78. The summed E-state index contributed by atoms with van der Waals surface area (Å²) in [4.78, 5) is 27.3. The first-order valence-corrected chi connectivity index (χ1v) is 11.5. The van der Waals surface area contributed by atoms with Gasteiger partial charge in [-0.1, -0.05) is 24.3 Å². The summed E-state index contributed by atoms with van der Waals surface area (Å²) in [7, 11) is 0. The van der Waals surface area contributed by atoms with E-state index in [4.69, 9.17) is 4.74 Å². The summed E-state index contributed by atoms with van der Waals surface area (Å²) in [6.45, 7) is 4.23. The number of carbonyl (C=O) groups is 2. The lowest BCUT2D eigenvalue weighted by atomic mass is 9.87. The molecule has 1 fully saturated rings. The summed E-state index contributed by atoms with van der Waals surface area (Å²) in [5, 5.41) is 3.17. The quantitative estimate of drug-likeness (QED) is 0.765. The normalized spacial score (nSPS) is 23.0. The molecule has 31 heavy (non-hydrogen) atoms. The topological polar surface area (TPSA) is 58.6 Å². The third-order valence-electron chi connectivity index (χ3n) is 6.64. The molecule has 1 N–H and O–H groups in total. The first-order chi connectivity index (χ1) is 15.0. The number of rotatable bonds is 5. The Balaban J connectivity index is 1.33. The Labute approximate surface area is 184 Å². The Morgan fingerprint density at radius 1 is 0.968 bits per heavy atom. The zero-order chi connectivity index (χ0) is 21.8. The van der Waals surface area contributed by atoms with Gasteiger partial charge in [-0.05, 0) is 87.8 Å². The van der Waals surface area contributed by atoms with E-state index in [-0.39, 0.29) is 36.5 Å². The molecule has 2 aromatic carbocycles. The average molecular weight is 421 g/mol. The van der Waals surface area contributed by atoms with Crippen LogP contribution in [0, 0.1) is 0 Å². The second-order valence-electron chi connectivity index (χ2n) is 8.86. The van der Waals surface area contributed by atoms with Crippen LogP contribution in [-0.4, -0.2) is 35.4 Å². The zero-order valence-corrected chi connectivity index (χ0v) is 18.5. The van der Waals surface area contributed by atoms with Crippen molar-refractivity contribution in [3.63, 3.8) is 0 Å². The summed E-state index contributed by atoms with van der Waals surface area (Å²) in [5.74, 6) is 0.544. The first-order valence-electron chi connectivity index (χ1n) is 11.5. The monoisotopic (exact) mass is 420 g/mol. The third-order valence-corrected chi connectivity index (χ3v) is 6.64. The smallest absolute Gasteiger partial charge is 0.260 e. The maximum atomic E-state index is 12.8. The van der Waals surface area contributed by atoms with Gasteiger partial charge in [0.1, 0.15) is 5.75 Å². The molecule has 0 unspecified atom stereocenters. The number of nitrogens with one attached hydrogen (secondary N) is 1. The second-order valence-corrected chi connectivity index (χ2v) is 8.86. The molecule has 0 bridgehead atoms. The van der Waals surface area contributed by atoms with Crippen LogP contribution in [0.5, 0.6) is 5.75 Å². The number of nitrogens with zero attached hydrogens (tertiary/aromatic N) is 1. The molecular weight excluding hydrogens is 388 g/mol. The van der Waals surface area contributed by atoms with Crippen molar-refractivity contribution < 1.29 is 14.3 Å². The highest BCUT2D eigenvalue weighted by Crippen LogP contribution is 2.30. The Morgan fingerprint density at radius 2 is 1.68 bits per heavy atom. The van der Waals surface area contributed by atoms with Crippen molar-refractivity contribution in [1.82, 2.24) is 10.2 Å². The highest BCUT2D eigenvalue weighted by molar-refractivity contribution is 5.94. The van der Waals surface area contributed by atoms with Gasteiger partial charge >= 0.3 is 0 Å². The van der Waals surface area contributed by atoms with Crippen LogP contribution in [0.2, 0.25) is 0 Å². The van der Waals surface area contributed by atoms with Crippen LogP contribution in [-0.2, 0) is 11.2 Å². The van der Waals surface area contributed by atoms with Crippen LogP contribution in [0.25, 0.3) is 0 Å². The van der Waals surface area contributed by atoms with Gasteiger partial charge in [0.15, 0.2) is 6.61 Å². The minimum Gasteiger partial charge on any atom is -0.484 e. The van der Waals surface area contributed by atoms with Crippen molar-refractivity contribution in [1.29, 1.82) is 0 Å². The molecule has 0 saturated carbocycles. The summed E-state index contributed by atoms with van der Waals surface area (Å²) < 4.78 is 5.73. The number of amides is 2. The lowest BCUT2D eigenvalue weighted by Gasteiger charge is -2.38. The fourth-order valence-electron chi connectivity index (χ4n) is 4.98. The predicted octanol–water partition coefficient (Wildman–Crippen LogP) is 4.66. The molecule has 5 nitrogen and oxygen atoms in total. The van der Waals surface area contributed by atoms with Crippen molar-refractivity contribution in [3.8, 4) is 5.75 Å². The fourth-order valence-corrected chi connectivity index (χ4v) is 4.98. The highest BCUT2D eigenvalue weighted by atomic mass is 16.5. The van der Waals surface area contributed by atoms with E-state index < -0.39 is 0 Å². The van der Waals surface area contributed by atoms with Gasteiger partial charge in [-0.15, -0.1) is 0 Å². The number of ether oxygens (including phenoxy) is 1. The van der Waals surface area contributed by atoms with Gasteiger partial charge in [-0.2, -0.15) is 0 Å². The van der Waals surface area contributed by atoms with Crippen molar-refractivity contribution in [2.24, 2.45) is 0 Å².